The van der Waals surface area contributed by atoms with Crippen LogP contribution in [0.1, 0.15) is 32.3 Å². The number of esters is 1. The number of hydrogen-bond donors (Lipinski definition) is 1. The molecule has 6 heteroatoms. The van der Waals surface area contributed by atoms with Crippen LogP contribution in [0.2, 0.25) is 0 Å². The van der Waals surface area contributed by atoms with Gasteiger partial charge in [-0.25, -0.2) is 8.78 Å². The largest absolute Gasteiger partial charge is 0.452 e. The van der Waals surface area contributed by atoms with Gasteiger partial charge in [-0.3, -0.25) is 9.59 Å². The van der Waals surface area contributed by atoms with Crippen LogP contribution in [0.5, 0.6) is 0 Å². The molecule has 1 aromatic rings. The van der Waals surface area contributed by atoms with E-state index in [1.165, 1.54) is 25.0 Å². The third kappa shape index (κ3) is 19.7. The fourth-order valence-electron chi connectivity index (χ4n) is 1.80. The maximum absolute atomic E-state index is 12.2. The Morgan fingerprint density at radius 1 is 1.33 bits per heavy atom. The zero-order valence-corrected chi connectivity index (χ0v) is 16.4. The Morgan fingerprint density at radius 3 is 2.33 bits per heavy atom. The monoisotopic (exact) mass is 381 g/mol. The number of hydrogen-bond acceptors (Lipinski definition) is 4. The first-order chi connectivity index (χ1) is 12.8. The standard InChI is InChI=1S/C8H14O.C7H6F2.C6H9NO2/c1-3-5-8(2)6-4-7-9;1-5-2-6(8)4-7(9)3-5;1-3-4-9-6(8)5-7-2/h4,6-8H,3,5H2,1-2H3;2-4H,1H3;1,7H,4-5H2,2H3/b6-4+;;. The summed E-state index contributed by atoms with van der Waals surface area (Å²) in [6.07, 6.45) is 11.5. The normalized spacial score (nSPS) is 10.6. The third-order valence-electron chi connectivity index (χ3n) is 2.91. The van der Waals surface area contributed by atoms with E-state index in [4.69, 9.17) is 6.42 Å². The van der Waals surface area contributed by atoms with Gasteiger partial charge in [-0.1, -0.05) is 32.3 Å². The van der Waals surface area contributed by atoms with Crippen LogP contribution < -0.4 is 5.32 Å². The van der Waals surface area contributed by atoms with Crippen LogP contribution in [0, 0.1) is 36.8 Å². The average molecular weight is 381 g/mol. The van der Waals surface area contributed by atoms with Crippen LogP contribution in [0.25, 0.3) is 0 Å². The molecule has 1 rings (SSSR count). The molecule has 0 amide bonds. The number of aryl methyl sites for hydroxylation is 1. The van der Waals surface area contributed by atoms with Gasteiger partial charge in [0.25, 0.3) is 0 Å². The van der Waals surface area contributed by atoms with Crippen LogP contribution >= 0.6 is 0 Å². The summed E-state index contributed by atoms with van der Waals surface area (Å²) in [6, 6.07) is 3.42. The molecule has 0 spiro atoms. The van der Waals surface area contributed by atoms with E-state index >= 15 is 0 Å². The molecule has 0 heterocycles. The Labute approximate surface area is 161 Å². The Morgan fingerprint density at radius 2 is 1.93 bits per heavy atom. The molecule has 0 aliphatic carbocycles. The summed E-state index contributed by atoms with van der Waals surface area (Å²) in [6.45, 7) is 6.17. The topological polar surface area (TPSA) is 55.4 Å². The van der Waals surface area contributed by atoms with Crippen molar-refractivity contribution >= 4 is 12.3 Å². The van der Waals surface area contributed by atoms with E-state index in [1.807, 2.05) is 6.08 Å². The number of allylic oxidation sites excluding steroid dienone is 2. The van der Waals surface area contributed by atoms with Gasteiger partial charge in [0.05, 0.1) is 6.54 Å². The Kier molecular flexibility index (Phi) is 18.1. The van der Waals surface area contributed by atoms with Crippen LogP contribution in [0.3, 0.4) is 0 Å². The number of terminal acetylenes is 1. The van der Waals surface area contributed by atoms with Gasteiger partial charge in [-0.05, 0) is 50.1 Å². The van der Waals surface area contributed by atoms with E-state index < -0.39 is 11.6 Å². The number of ether oxygens (including phenoxy) is 1. The van der Waals surface area contributed by atoms with Crippen molar-refractivity contribution in [2.75, 3.05) is 20.2 Å². The number of halogens is 2. The maximum Gasteiger partial charge on any atom is 0.320 e. The number of nitrogens with one attached hydrogen (secondary N) is 1. The molecule has 0 saturated heterocycles. The van der Waals surface area contributed by atoms with E-state index in [1.54, 1.807) is 20.0 Å². The van der Waals surface area contributed by atoms with Crippen molar-refractivity contribution in [2.45, 2.75) is 33.6 Å². The molecular formula is C21H29F2NO3. The van der Waals surface area contributed by atoms with Crippen LogP contribution in [0.4, 0.5) is 8.78 Å². The first kappa shape index (κ1) is 26.7. The molecule has 0 aliphatic heterocycles. The minimum atomic E-state index is -0.521. The quantitative estimate of drug-likeness (QED) is 0.338. The number of carbonyl (C=O) groups is 2. The van der Waals surface area contributed by atoms with Gasteiger partial charge in [0.15, 0.2) is 6.61 Å². The third-order valence-corrected chi connectivity index (χ3v) is 2.91. The van der Waals surface area contributed by atoms with E-state index in [9.17, 15) is 18.4 Å². The lowest BCUT2D eigenvalue weighted by Gasteiger charge is -1.99. The molecule has 1 atom stereocenters. The van der Waals surface area contributed by atoms with Crippen molar-refractivity contribution < 1.29 is 23.1 Å². The number of aldehydes is 1. The van der Waals surface area contributed by atoms with Crippen molar-refractivity contribution in [3.8, 4) is 12.3 Å². The van der Waals surface area contributed by atoms with Gasteiger partial charge < -0.3 is 10.1 Å². The fourth-order valence-corrected chi connectivity index (χ4v) is 1.80. The zero-order valence-electron chi connectivity index (χ0n) is 16.4. The molecule has 1 unspecified atom stereocenters. The fraction of sp³-hybridized carbons (Fsp3) is 0.429. The molecule has 0 radical (unpaired) electrons. The number of carbonyl (C=O) groups excluding carboxylic acids is 2. The van der Waals surface area contributed by atoms with Gasteiger partial charge in [-0.15, -0.1) is 6.42 Å². The summed E-state index contributed by atoms with van der Waals surface area (Å²) in [5, 5.41) is 2.63. The second kappa shape index (κ2) is 18.3. The number of benzene rings is 1. The molecule has 150 valence electrons. The SMILES string of the molecule is C#CCOC(=O)CNC.CCCC(C)/C=C/C=O.Cc1cc(F)cc(F)c1. The van der Waals surface area contributed by atoms with Gasteiger partial charge in [0.1, 0.15) is 17.9 Å². The highest BCUT2D eigenvalue weighted by Gasteiger charge is 1.96. The van der Waals surface area contributed by atoms with E-state index in [0.29, 0.717) is 11.5 Å². The summed E-state index contributed by atoms with van der Waals surface area (Å²) in [5.41, 5.74) is 0.604. The number of likely N-dealkylation sites (N-methyl/N-ethyl adjacent to an activating group) is 1. The minimum absolute atomic E-state index is 0.0561. The van der Waals surface area contributed by atoms with Crippen molar-refractivity contribution in [1.82, 2.24) is 5.32 Å². The van der Waals surface area contributed by atoms with Crippen molar-refractivity contribution in [1.29, 1.82) is 0 Å². The van der Waals surface area contributed by atoms with E-state index in [0.717, 1.165) is 12.4 Å². The van der Waals surface area contributed by atoms with Crippen molar-refractivity contribution in [3.05, 3.63) is 47.5 Å². The molecule has 0 saturated carbocycles. The predicted octanol–water partition coefficient (Wildman–Crippen LogP) is 3.83. The molecule has 0 fully saturated rings. The average Bonchev–Trinajstić information content (AvgIpc) is 2.58. The highest BCUT2D eigenvalue weighted by atomic mass is 19.1. The summed E-state index contributed by atoms with van der Waals surface area (Å²) in [7, 11) is 1.66. The molecule has 0 aromatic heterocycles. The Balaban J connectivity index is 0. The maximum atomic E-state index is 12.2. The lowest BCUT2D eigenvalue weighted by molar-refractivity contribution is -0.140. The van der Waals surface area contributed by atoms with Crippen LogP contribution in [0.15, 0.2) is 30.4 Å². The molecule has 0 bridgehead atoms. The van der Waals surface area contributed by atoms with Gasteiger partial charge in [0, 0.05) is 6.07 Å². The Hall–Kier alpha value is -2.52. The van der Waals surface area contributed by atoms with Crippen LogP contribution in [-0.4, -0.2) is 32.5 Å². The van der Waals surface area contributed by atoms with Gasteiger partial charge >= 0.3 is 5.97 Å². The summed E-state index contributed by atoms with van der Waals surface area (Å²) >= 11 is 0. The first-order valence-corrected chi connectivity index (χ1v) is 8.58. The number of rotatable bonds is 7. The highest BCUT2D eigenvalue weighted by Crippen LogP contribution is 2.05. The van der Waals surface area contributed by atoms with Crippen LogP contribution in [-0.2, 0) is 14.3 Å². The lowest BCUT2D eigenvalue weighted by Crippen LogP contribution is -2.20. The molecule has 1 N–H and O–H groups in total. The summed E-state index contributed by atoms with van der Waals surface area (Å²) < 4.78 is 28.9. The molecule has 27 heavy (non-hydrogen) atoms. The smallest absolute Gasteiger partial charge is 0.320 e. The minimum Gasteiger partial charge on any atom is -0.452 e. The van der Waals surface area contributed by atoms with E-state index in [2.05, 4.69) is 29.8 Å². The molecular weight excluding hydrogens is 352 g/mol. The molecule has 0 aliphatic rings. The summed E-state index contributed by atoms with van der Waals surface area (Å²) in [4.78, 5) is 20.2. The van der Waals surface area contributed by atoms with Gasteiger partial charge in [-0.2, -0.15) is 0 Å². The molecule has 4 nitrogen and oxygen atoms in total. The highest BCUT2D eigenvalue weighted by molar-refractivity contribution is 5.71. The summed E-state index contributed by atoms with van der Waals surface area (Å²) in [5.74, 6) is 1.38. The zero-order chi connectivity index (χ0) is 21.1. The molecule has 1 aromatic carbocycles. The first-order valence-electron chi connectivity index (χ1n) is 8.58. The predicted molar refractivity (Wildman–Crippen MR) is 104 cm³/mol. The second-order valence-corrected chi connectivity index (χ2v) is 5.63. The van der Waals surface area contributed by atoms with E-state index in [-0.39, 0.29) is 19.1 Å². The second-order valence-electron chi connectivity index (χ2n) is 5.63. The van der Waals surface area contributed by atoms with Crippen molar-refractivity contribution in [2.24, 2.45) is 5.92 Å². The lowest BCUT2D eigenvalue weighted by atomic mass is 10.1. The Bertz CT molecular complexity index is 559. The van der Waals surface area contributed by atoms with Crippen molar-refractivity contribution in [3.63, 3.8) is 0 Å². The van der Waals surface area contributed by atoms with Gasteiger partial charge in [0.2, 0.25) is 0 Å².